The number of ether oxygens (including phenoxy) is 1. The number of carbonyl (C=O) groups excluding carboxylic acids is 3. The van der Waals surface area contributed by atoms with Crippen LogP contribution in [0.2, 0.25) is 0 Å². The Hall–Kier alpha value is -2.37. The number of amides is 2. The second-order valence-electron chi connectivity index (χ2n) is 4.71. The van der Waals surface area contributed by atoms with E-state index in [1.54, 1.807) is 31.2 Å². The monoisotopic (exact) mass is 292 g/mol. The predicted molar refractivity (Wildman–Crippen MR) is 78.9 cm³/mol. The van der Waals surface area contributed by atoms with E-state index in [-0.39, 0.29) is 30.5 Å². The van der Waals surface area contributed by atoms with Gasteiger partial charge in [0.25, 0.3) is 0 Å². The lowest BCUT2D eigenvalue weighted by molar-refractivity contribution is -0.127. The SMILES string of the molecule is CCOC(=O)c1ccccc1NC(=O)CC(=O)NC(C)C. The molecule has 0 aliphatic heterocycles. The third kappa shape index (κ3) is 5.64. The lowest BCUT2D eigenvalue weighted by atomic mass is 10.1. The fourth-order valence-electron chi connectivity index (χ4n) is 1.69. The first-order chi connectivity index (χ1) is 9.93. The van der Waals surface area contributed by atoms with E-state index >= 15 is 0 Å². The Kier molecular flexibility index (Phi) is 6.39. The first-order valence-corrected chi connectivity index (χ1v) is 6.79. The largest absolute Gasteiger partial charge is 0.462 e. The van der Waals surface area contributed by atoms with E-state index in [1.165, 1.54) is 0 Å². The molecule has 2 amide bonds. The van der Waals surface area contributed by atoms with Crippen molar-refractivity contribution >= 4 is 23.5 Å². The minimum absolute atomic E-state index is 0.0304. The molecule has 0 bridgehead atoms. The van der Waals surface area contributed by atoms with Crippen molar-refractivity contribution in [3.63, 3.8) is 0 Å². The van der Waals surface area contributed by atoms with Crippen molar-refractivity contribution in [2.75, 3.05) is 11.9 Å². The van der Waals surface area contributed by atoms with Crippen LogP contribution >= 0.6 is 0 Å². The summed E-state index contributed by atoms with van der Waals surface area (Å²) in [5, 5.41) is 5.18. The maximum atomic E-state index is 11.8. The quantitative estimate of drug-likeness (QED) is 0.617. The van der Waals surface area contributed by atoms with Crippen LogP contribution in [0.4, 0.5) is 5.69 Å². The van der Waals surface area contributed by atoms with Crippen LogP contribution in [0.15, 0.2) is 24.3 Å². The highest BCUT2D eigenvalue weighted by molar-refractivity contribution is 6.06. The summed E-state index contributed by atoms with van der Waals surface area (Å²) in [6.07, 6.45) is -0.296. The Labute approximate surface area is 123 Å². The van der Waals surface area contributed by atoms with Crippen molar-refractivity contribution in [3.8, 4) is 0 Å². The van der Waals surface area contributed by atoms with Crippen LogP contribution in [0, 0.1) is 0 Å². The number of rotatable bonds is 6. The Morgan fingerprint density at radius 2 is 1.81 bits per heavy atom. The standard InChI is InChI=1S/C15H20N2O4/c1-4-21-15(20)11-7-5-6-8-12(11)17-14(19)9-13(18)16-10(2)3/h5-8,10H,4,9H2,1-3H3,(H,16,18)(H,17,19). The van der Waals surface area contributed by atoms with Gasteiger partial charge in [0, 0.05) is 6.04 Å². The molecule has 1 rings (SSSR count). The predicted octanol–water partition coefficient (Wildman–Crippen LogP) is 1.72. The minimum Gasteiger partial charge on any atom is -0.462 e. The van der Waals surface area contributed by atoms with Crippen LogP contribution in [-0.2, 0) is 14.3 Å². The molecule has 2 N–H and O–H groups in total. The summed E-state index contributed by atoms with van der Waals surface area (Å²) < 4.78 is 4.91. The molecule has 0 aromatic heterocycles. The van der Waals surface area contributed by atoms with E-state index in [2.05, 4.69) is 10.6 Å². The van der Waals surface area contributed by atoms with Gasteiger partial charge >= 0.3 is 5.97 Å². The van der Waals surface area contributed by atoms with Crippen molar-refractivity contribution in [1.82, 2.24) is 5.32 Å². The Balaban J connectivity index is 2.72. The number of benzene rings is 1. The van der Waals surface area contributed by atoms with Gasteiger partial charge < -0.3 is 15.4 Å². The van der Waals surface area contributed by atoms with Gasteiger partial charge in [0.1, 0.15) is 6.42 Å². The molecule has 0 radical (unpaired) electrons. The number of para-hydroxylation sites is 1. The smallest absolute Gasteiger partial charge is 0.340 e. The van der Waals surface area contributed by atoms with Gasteiger partial charge in [-0.15, -0.1) is 0 Å². The molecular formula is C15H20N2O4. The zero-order valence-corrected chi connectivity index (χ0v) is 12.4. The van der Waals surface area contributed by atoms with Crippen LogP contribution in [0.5, 0.6) is 0 Å². The average Bonchev–Trinajstić information content (AvgIpc) is 2.38. The summed E-state index contributed by atoms with van der Waals surface area (Å²) in [5.74, 6) is -1.36. The molecule has 1 aromatic carbocycles. The summed E-state index contributed by atoms with van der Waals surface area (Å²) in [6.45, 7) is 5.57. The third-order valence-corrected chi connectivity index (χ3v) is 2.47. The van der Waals surface area contributed by atoms with Gasteiger partial charge in [-0.1, -0.05) is 12.1 Å². The topological polar surface area (TPSA) is 84.5 Å². The van der Waals surface area contributed by atoms with Gasteiger partial charge in [0.15, 0.2) is 0 Å². The van der Waals surface area contributed by atoms with Gasteiger partial charge in [-0.25, -0.2) is 4.79 Å². The number of esters is 1. The van der Waals surface area contributed by atoms with Crippen molar-refractivity contribution in [2.45, 2.75) is 33.2 Å². The second kappa shape index (κ2) is 8.04. The summed E-state index contributed by atoms with van der Waals surface area (Å²) >= 11 is 0. The van der Waals surface area contributed by atoms with Gasteiger partial charge in [0.2, 0.25) is 11.8 Å². The number of nitrogens with one attached hydrogen (secondary N) is 2. The lowest BCUT2D eigenvalue weighted by Crippen LogP contribution is -2.33. The molecule has 0 fully saturated rings. The molecule has 6 nitrogen and oxygen atoms in total. The molecule has 114 valence electrons. The summed E-state index contributed by atoms with van der Waals surface area (Å²) in [5.41, 5.74) is 0.593. The Bertz CT molecular complexity index is 526. The Morgan fingerprint density at radius 1 is 1.14 bits per heavy atom. The first-order valence-electron chi connectivity index (χ1n) is 6.79. The van der Waals surface area contributed by atoms with Gasteiger partial charge in [-0.05, 0) is 32.9 Å². The molecule has 0 saturated heterocycles. The molecule has 0 aliphatic rings. The van der Waals surface area contributed by atoms with Crippen molar-refractivity contribution in [3.05, 3.63) is 29.8 Å². The molecule has 0 spiro atoms. The highest BCUT2D eigenvalue weighted by atomic mass is 16.5. The number of hydrogen-bond acceptors (Lipinski definition) is 4. The average molecular weight is 292 g/mol. The summed E-state index contributed by atoms with van der Waals surface area (Å²) in [6, 6.07) is 6.48. The highest BCUT2D eigenvalue weighted by Crippen LogP contribution is 2.16. The van der Waals surface area contributed by atoms with Gasteiger partial charge in [-0.3, -0.25) is 9.59 Å². The van der Waals surface area contributed by atoms with E-state index in [4.69, 9.17) is 4.74 Å². The van der Waals surface area contributed by atoms with Crippen molar-refractivity contribution in [2.24, 2.45) is 0 Å². The molecule has 0 unspecified atom stereocenters. The Morgan fingerprint density at radius 3 is 2.43 bits per heavy atom. The molecule has 0 aliphatic carbocycles. The fraction of sp³-hybridized carbons (Fsp3) is 0.400. The molecule has 0 saturated carbocycles. The first kappa shape index (κ1) is 16.7. The molecular weight excluding hydrogens is 272 g/mol. The molecule has 1 aromatic rings. The number of carbonyl (C=O) groups is 3. The van der Waals surface area contributed by atoms with E-state index in [9.17, 15) is 14.4 Å². The third-order valence-electron chi connectivity index (χ3n) is 2.47. The number of hydrogen-bond donors (Lipinski definition) is 2. The summed E-state index contributed by atoms with van der Waals surface area (Å²) in [7, 11) is 0. The second-order valence-corrected chi connectivity index (χ2v) is 4.71. The van der Waals surface area contributed by atoms with Crippen LogP contribution in [0.25, 0.3) is 0 Å². The van der Waals surface area contributed by atoms with Crippen LogP contribution in [0.3, 0.4) is 0 Å². The normalized spacial score (nSPS) is 10.1. The van der Waals surface area contributed by atoms with Crippen molar-refractivity contribution < 1.29 is 19.1 Å². The van der Waals surface area contributed by atoms with Crippen LogP contribution in [-0.4, -0.2) is 30.4 Å². The van der Waals surface area contributed by atoms with Crippen LogP contribution < -0.4 is 10.6 Å². The molecule has 6 heteroatoms. The van der Waals surface area contributed by atoms with Crippen LogP contribution in [0.1, 0.15) is 37.6 Å². The van der Waals surface area contributed by atoms with E-state index in [0.29, 0.717) is 5.69 Å². The van der Waals surface area contributed by atoms with E-state index in [1.807, 2.05) is 13.8 Å². The fourth-order valence-corrected chi connectivity index (χ4v) is 1.69. The zero-order chi connectivity index (χ0) is 15.8. The summed E-state index contributed by atoms with van der Waals surface area (Å²) in [4.78, 5) is 35.1. The molecule has 21 heavy (non-hydrogen) atoms. The van der Waals surface area contributed by atoms with E-state index < -0.39 is 11.9 Å². The zero-order valence-electron chi connectivity index (χ0n) is 12.4. The number of anilines is 1. The highest BCUT2D eigenvalue weighted by Gasteiger charge is 2.15. The molecule has 0 atom stereocenters. The minimum atomic E-state index is -0.514. The van der Waals surface area contributed by atoms with E-state index in [0.717, 1.165) is 0 Å². The lowest BCUT2D eigenvalue weighted by Gasteiger charge is -2.11. The van der Waals surface area contributed by atoms with Gasteiger partial charge in [-0.2, -0.15) is 0 Å². The maximum absolute atomic E-state index is 11.8. The van der Waals surface area contributed by atoms with Crippen molar-refractivity contribution in [1.29, 1.82) is 0 Å². The maximum Gasteiger partial charge on any atom is 0.340 e. The molecule has 0 heterocycles. The van der Waals surface area contributed by atoms with Gasteiger partial charge in [0.05, 0.1) is 17.9 Å².